The molecular formula is C25H19ClN4O3S. The fourth-order valence-electron chi connectivity index (χ4n) is 3.69. The number of ether oxygens (including phenoxy) is 1. The van der Waals surface area contributed by atoms with E-state index < -0.39 is 6.04 Å². The Kier molecular flexibility index (Phi) is 6.00. The lowest BCUT2D eigenvalue weighted by molar-refractivity contribution is -0.125. The monoisotopic (exact) mass is 490 g/mol. The van der Waals surface area contributed by atoms with Crippen LogP contribution in [-0.4, -0.2) is 34.4 Å². The van der Waals surface area contributed by atoms with Crippen LogP contribution in [0.1, 0.15) is 6.92 Å². The Morgan fingerprint density at radius 1 is 1.15 bits per heavy atom. The number of nitrogens with one attached hydrogen (secondary N) is 1. The lowest BCUT2D eigenvalue weighted by atomic mass is 10.1. The van der Waals surface area contributed by atoms with Gasteiger partial charge in [0.1, 0.15) is 16.8 Å². The topological polar surface area (TPSA) is 84.4 Å². The summed E-state index contributed by atoms with van der Waals surface area (Å²) in [6.07, 6.45) is 1.73. The fourth-order valence-corrected chi connectivity index (χ4v) is 4.67. The molecule has 0 saturated heterocycles. The zero-order chi connectivity index (χ0) is 23.7. The number of rotatable bonds is 5. The van der Waals surface area contributed by atoms with E-state index in [-0.39, 0.29) is 18.4 Å². The molecule has 1 N–H and O–H groups in total. The summed E-state index contributed by atoms with van der Waals surface area (Å²) in [5.74, 6) is -0.134. The van der Waals surface area contributed by atoms with E-state index in [4.69, 9.17) is 21.3 Å². The van der Waals surface area contributed by atoms with Gasteiger partial charge in [-0.05, 0) is 49.4 Å². The second-order valence-corrected chi connectivity index (χ2v) is 8.90. The summed E-state index contributed by atoms with van der Waals surface area (Å²) in [6, 6.07) is 17.4. The van der Waals surface area contributed by atoms with Crippen molar-refractivity contribution in [2.24, 2.45) is 0 Å². The van der Waals surface area contributed by atoms with Crippen LogP contribution in [0.2, 0.25) is 5.02 Å². The SMILES string of the molecule is CC(C(=O)Nc1ccccc1Cl)N1C(=O)COc2ccc(-c3csc(-c4ccccn4)n3)cc21. The molecule has 2 aromatic heterocycles. The van der Waals surface area contributed by atoms with Crippen molar-refractivity contribution in [3.8, 4) is 27.7 Å². The number of carbonyl (C=O) groups excluding carboxylic acids is 2. The smallest absolute Gasteiger partial charge is 0.265 e. The minimum Gasteiger partial charge on any atom is -0.482 e. The maximum atomic E-state index is 13.0. The normalized spacial score (nSPS) is 13.7. The van der Waals surface area contributed by atoms with Crippen molar-refractivity contribution in [3.63, 3.8) is 0 Å². The Hall–Kier alpha value is -3.75. The number of aromatic nitrogens is 2. The summed E-state index contributed by atoms with van der Waals surface area (Å²) in [4.78, 5) is 36.4. The number of para-hydroxylation sites is 1. The van der Waals surface area contributed by atoms with Gasteiger partial charge < -0.3 is 10.1 Å². The molecule has 9 heteroatoms. The highest BCUT2D eigenvalue weighted by molar-refractivity contribution is 7.13. The molecule has 0 aliphatic carbocycles. The summed E-state index contributed by atoms with van der Waals surface area (Å²) in [6.45, 7) is 1.53. The number of carbonyl (C=O) groups is 2. The van der Waals surface area contributed by atoms with Crippen LogP contribution >= 0.6 is 22.9 Å². The minimum absolute atomic E-state index is 0.142. The first-order valence-electron chi connectivity index (χ1n) is 10.5. The maximum absolute atomic E-state index is 13.0. The zero-order valence-corrected chi connectivity index (χ0v) is 19.6. The second-order valence-electron chi connectivity index (χ2n) is 7.63. The highest BCUT2D eigenvalue weighted by Gasteiger charge is 2.33. The second kappa shape index (κ2) is 9.24. The molecule has 0 bridgehead atoms. The van der Waals surface area contributed by atoms with E-state index >= 15 is 0 Å². The summed E-state index contributed by atoms with van der Waals surface area (Å²) in [7, 11) is 0. The molecule has 2 amide bonds. The first-order valence-corrected chi connectivity index (χ1v) is 11.8. The van der Waals surface area contributed by atoms with Gasteiger partial charge in [-0.2, -0.15) is 0 Å². The van der Waals surface area contributed by atoms with Gasteiger partial charge in [0.15, 0.2) is 6.61 Å². The van der Waals surface area contributed by atoms with E-state index in [2.05, 4.69) is 10.3 Å². The van der Waals surface area contributed by atoms with Crippen molar-refractivity contribution < 1.29 is 14.3 Å². The average Bonchev–Trinajstić information content (AvgIpc) is 3.36. The number of hydrogen-bond acceptors (Lipinski definition) is 6. The molecular weight excluding hydrogens is 472 g/mol. The number of hydrogen-bond donors (Lipinski definition) is 1. The van der Waals surface area contributed by atoms with Crippen LogP contribution in [0.15, 0.2) is 72.2 Å². The van der Waals surface area contributed by atoms with Gasteiger partial charge in [0, 0.05) is 17.1 Å². The fraction of sp³-hybridized carbons (Fsp3) is 0.120. The van der Waals surface area contributed by atoms with Gasteiger partial charge >= 0.3 is 0 Å². The molecule has 4 aromatic rings. The zero-order valence-electron chi connectivity index (χ0n) is 18.1. The highest BCUT2D eigenvalue weighted by Crippen LogP contribution is 2.38. The van der Waals surface area contributed by atoms with E-state index in [1.807, 2.05) is 35.7 Å². The van der Waals surface area contributed by atoms with E-state index in [0.29, 0.717) is 22.1 Å². The van der Waals surface area contributed by atoms with Crippen LogP contribution in [0.3, 0.4) is 0 Å². The number of nitrogens with zero attached hydrogens (tertiary/aromatic N) is 3. The lowest BCUT2D eigenvalue weighted by Crippen LogP contribution is -2.49. The molecule has 1 unspecified atom stereocenters. The lowest BCUT2D eigenvalue weighted by Gasteiger charge is -2.33. The van der Waals surface area contributed by atoms with E-state index in [9.17, 15) is 9.59 Å². The molecule has 2 aromatic carbocycles. The van der Waals surface area contributed by atoms with Gasteiger partial charge in [0.05, 0.1) is 27.8 Å². The Labute approximate surface area is 205 Å². The number of benzene rings is 2. The molecule has 1 atom stereocenters. The van der Waals surface area contributed by atoms with Crippen molar-refractivity contribution in [1.29, 1.82) is 0 Å². The van der Waals surface area contributed by atoms with E-state index in [1.54, 1.807) is 43.5 Å². The van der Waals surface area contributed by atoms with Crippen LogP contribution < -0.4 is 15.0 Å². The van der Waals surface area contributed by atoms with Gasteiger partial charge in [-0.15, -0.1) is 11.3 Å². The third-order valence-corrected chi connectivity index (χ3v) is 6.62. The van der Waals surface area contributed by atoms with Gasteiger partial charge in [0.2, 0.25) is 5.91 Å². The summed E-state index contributed by atoms with van der Waals surface area (Å²) >= 11 is 7.67. The summed E-state index contributed by atoms with van der Waals surface area (Å²) in [5, 5.41) is 5.96. The number of thiazole rings is 1. The third kappa shape index (κ3) is 4.25. The Morgan fingerprint density at radius 2 is 1.97 bits per heavy atom. The number of anilines is 2. The molecule has 5 rings (SSSR count). The van der Waals surface area contributed by atoms with Crippen LogP contribution in [0.5, 0.6) is 5.75 Å². The quantitative estimate of drug-likeness (QED) is 0.411. The molecule has 0 radical (unpaired) electrons. The number of amides is 2. The molecule has 1 aliphatic rings. The molecule has 7 nitrogen and oxygen atoms in total. The van der Waals surface area contributed by atoms with Crippen molar-refractivity contribution >= 4 is 46.1 Å². The summed E-state index contributed by atoms with van der Waals surface area (Å²) in [5.41, 5.74) is 3.35. The maximum Gasteiger partial charge on any atom is 0.265 e. The number of fused-ring (bicyclic) bond motifs is 1. The predicted molar refractivity (Wildman–Crippen MR) is 133 cm³/mol. The standard InChI is InChI=1S/C25H19ClN4O3S/c1-15(24(32)28-18-7-3-2-6-17(18)26)30-21-12-16(9-10-22(21)33-13-23(30)31)20-14-34-25(29-20)19-8-4-5-11-27-19/h2-12,14-15H,13H2,1H3,(H,28,32). The third-order valence-electron chi connectivity index (χ3n) is 5.42. The van der Waals surface area contributed by atoms with Gasteiger partial charge in [0.25, 0.3) is 5.91 Å². The first kappa shape index (κ1) is 22.1. The highest BCUT2D eigenvalue weighted by atomic mass is 35.5. The van der Waals surface area contributed by atoms with Crippen LogP contribution in [0.25, 0.3) is 22.0 Å². The number of halogens is 1. The van der Waals surface area contributed by atoms with Crippen LogP contribution in [-0.2, 0) is 9.59 Å². The molecule has 0 spiro atoms. The summed E-state index contributed by atoms with van der Waals surface area (Å²) < 4.78 is 5.63. The molecule has 170 valence electrons. The van der Waals surface area contributed by atoms with Gasteiger partial charge in [-0.1, -0.05) is 29.8 Å². The molecule has 1 aliphatic heterocycles. The Bertz CT molecular complexity index is 1380. The Balaban J connectivity index is 1.45. The largest absolute Gasteiger partial charge is 0.482 e. The first-order chi connectivity index (χ1) is 16.5. The molecule has 34 heavy (non-hydrogen) atoms. The number of pyridine rings is 1. The molecule has 0 saturated carbocycles. The molecule has 0 fully saturated rings. The average molecular weight is 491 g/mol. The van der Waals surface area contributed by atoms with Crippen molar-refractivity contribution in [2.45, 2.75) is 13.0 Å². The Morgan fingerprint density at radius 3 is 2.76 bits per heavy atom. The van der Waals surface area contributed by atoms with E-state index in [1.165, 1.54) is 16.2 Å². The van der Waals surface area contributed by atoms with Gasteiger partial charge in [-0.25, -0.2) is 4.98 Å². The van der Waals surface area contributed by atoms with Crippen LogP contribution in [0.4, 0.5) is 11.4 Å². The van der Waals surface area contributed by atoms with Crippen molar-refractivity contribution in [3.05, 3.63) is 77.3 Å². The van der Waals surface area contributed by atoms with Gasteiger partial charge in [-0.3, -0.25) is 19.5 Å². The molecule has 3 heterocycles. The predicted octanol–water partition coefficient (Wildman–Crippen LogP) is 5.28. The van der Waals surface area contributed by atoms with Crippen molar-refractivity contribution in [1.82, 2.24) is 9.97 Å². The van der Waals surface area contributed by atoms with E-state index in [0.717, 1.165) is 22.0 Å². The van der Waals surface area contributed by atoms with Crippen molar-refractivity contribution in [2.75, 3.05) is 16.8 Å². The van der Waals surface area contributed by atoms with Crippen LogP contribution in [0, 0.1) is 0 Å². The minimum atomic E-state index is -0.791.